The molecule has 0 saturated carbocycles. The van der Waals surface area contributed by atoms with E-state index in [0.717, 1.165) is 6.54 Å². The SMILES string of the molecule is CCON(CC)OCC. The third-order valence-electron chi connectivity index (χ3n) is 0.804. The van der Waals surface area contributed by atoms with E-state index < -0.39 is 0 Å². The maximum atomic E-state index is 5.04. The first-order valence-electron chi connectivity index (χ1n) is 3.38. The summed E-state index contributed by atoms with van der Waals surface area (Å²) < 4.78 is 0. The first kappa shape index (κ1) is 8.88. The molecule has 0 aromatic carbocycles. The van der Waals surface area contributed by atoms with E-state index in [-0.39, 0.29) is 0 Å². The van der Waals surface area contributed by atoms with Crippen LogP contribution in [-0.4, -0.2) is 25.0 Å². The largest absolute Gasteiger partial charge is 0.274 e. The average Bonchev–Trinajstić information content (AvgIpc) is 1.88. The third-order valence-corrected chi connectivity index (χ3v) is 0.804. The second-order valence-corrected chi connectivity index (χ2v) is 1.48. The predicted octanol–water partition coefficient (Wildman–Crippen LogP) is 1.21. The van der Waals surface area contributed by atoms with Crippen molar-refractivity contribution in [3.05, 3.63) is 0 Å². The fourth-order valence-corrected chi connectivity index (χ4v) is 0.508. The van der Waals surface area contributed by atoms with Gasteiger partial charge in [-0.2, -0.15) is 0 Å². The van der Waals surface area contributed by atoms with E-state index in [9.17, 15) is 0 Å². The molecule has 3 heteroatoms. The van der Waals surface area contributed by atoms with Crippen LogP contribution in [0.2, 0.25) is 0 Å². The number of hydroxylamine groups is 2. The lowest BCUT2D eigenvalue weighted by Crippen LogP contribution is -2.23. The van der Waals surface area contributed by atoms with Crippen molar-refractivity contribution in [1.29, 1.82) is 0 Å². The summed E-state index contributed by atoms with van der Waals surface area (Å²) in [5.41, 5.74) is 0. The second-order valence-electron chi connectivity index (χ2n) is 1.48. The summed E-state index contributed by atoms with van der Waals surface area (Å²) in [6.07, 6.45) is 0. The molecule has 0 aliphatic carbocycles. The van der Waals surface area contributed by atoms with Gasteiger partial charge < -0.3 is 0 Å². The summed E-state index contributed by atoms with van der Waals surface area (Å²) in [7, 11) is 0. The quantitative estimate of drug-likeness (QED) is 0.526. The van der Waals surface area contributed by atoms with Crippen molar-refractivity contribution in [1.82, 2.24) is 5.23 Å². The van der Waals surface area contributed by atoms with Crippen LogP contribution in [0.15, 0.2) is 0 Å². The van der Waals surface area contributed by atoms with Gasteiger partial charge in [-0.15, -0.1) is 0 Å². The van der Waals surface area contributed by atoms with Gasteiger partial charge in [-0.05, 0) is 20.8 Å². The fourth-order valence-electron chi connectivity index (χ4n) is 0.508. The molecule has 0 heterocycles. The Kier molecular flexibility index (Phi) is 5.93. The molecule has 0 radical (unpaired) electrons. The molecule has 0 aliphatic rings. The number of hydrogen-bond donors (Lipinski definition) is 0. The van der Waals surface area contributed by atoms with E-state index in [4.69, 9.17) is 9.68 Å². The lowest BCUT2D eigenvalue weighted by atomic mass is 10.8. The molecule has 0 N–H and O–H groups in total. The normalized spacial score (nSPS) is 10.7. The van der Waals surface area contributed by atoms with Crippen molar-refractivity contribution in [3.8, 4) is 0 Å². The van der Waals surface area contributed by atoms with E-state index in [0.29, 0.717) is 13.2 Å². The molecule has 0 fully saturated rings. The number of rotatable bonds is 5. The van der Waals surface area contributed by atoms with Gasteiger partial charge in [0.05, 0.1) is 13.2 Å². The topological polar surface area (TPSA) is 21.7 Å². The summed E-state index contributed by atoms with van der Waals surface area (Å²) >= 11 is 0. The molecule has 0 aromatic rings. The number of nitrogens with zero attached hydrogens (tertiary/aromatic N) is 1. The zero-order valence-corrected chi connectivity index (χ0v) is 6.39. The van der Waals surface area contributed by atoms with Gasteiger partial charge in [-0.25, -0.2) is 0 Å². The summed E-state index contributed by atoms with van der Waals surface area (Å²) in [5, 5.41) is 1.49. The van der Waals surface area contributed by atoms with Gasteiger partial charge in [0, 0.05) is 6.54 Å². The summed E-state index contributed by atoms with van der Waals surface area (Å²) in [6.45, 7) is 7.93. The maximum absolute atomic E-state index is 5.04. The van der Waals surface area contributed by atoms with Gasteiger partial charge in [0.15, 0.2) is 0 Å². The predicted molar refractivity (Wildman–Crippen MR) is 35.6 cm³/mol. The highest BCUT2D eigenvalue weighted by Crippen LogP contribution is 1.89. The van der Waals surface area contributed by atoms with Gasteiger partial charge in [0.25, 0.3) is 0 Å². The van der Waals surface area contributed by atoms with Crippen molar-refractivity contribution in [2.75, 3.05) is 19.8 Å². The van der Waals surface area contributed by atoms with Crippen LogP contribution in [0.1, 0.15) is 20.8 Å². The van der Waals surface area contributed by atoms with Crippen molar-refractivity contribution >= 4 is 0 Å². The van der Waals surface area contributed by atoms with Crippen molar-refractivity contribution in [3.63, 3.8) is 0 Å². The average molecular weight is 133 g/mol. The molecule has 0 aliphatic heterocycles. The van der Waals surface area contributed by atoms with Crippen LogP contribution in [0, 0.1) is 0 Å². The van der Waals surface area contributed by atoms with Crippen LogP contribution in [0.25, 0.3) is 0 Å². The van der Waals surface area contributed by atoms with Crippen LogP contribution >= 0.6 is 0 Å². The molecule has 0 saturated heterocycles. The summed E-state index contributed by atoms with van der Waals surface area (Å²) in [4.78, 5) is 10.1. The van der Waals surface area contributed by atoms with Crippen LogP contribution in [0.4, 0.5) is 0 Å². The van der Waals surface area contributed by atoms with Crippen LogP contribution in [0.5, 0.6) is 0 Å². The Balaban J connectivity index is 3.18. The Labute approximate surface area is 56.5 Å². The van der Waals surface area contributed by atoms with E-state index >= 15 is 0 Å². The molecule has 3 nitrogen and oxygen atoms in total. The van der Waals surface area contributed by atoms with Gasteiger partial charge in [-0.3, -0.25) is 9.68 Å². The van der Waals surface area contributed by atoms with Gasteiger partial charge in [-0.1, -0.05) is 5.23 Å². The third kappa shape index (κ3) is 4.39. The lowest BCUT2D eigenvalue weighted by Gasteiger charge is -2.16. The fraction of sp³-hybridized carbons (Fsp3) is 1.00. The van der Waals surface area contributed by atoms with Gasteiger partial charge >= 0.3 is 0 Å². The minimum absolute atomic E-state index is 0.661. The Morgan fingerprint density at radius 2 is 1.44 bits per heavy atom. The zero-order chi connectivity index (χ0) is 7.11. The Morgan fingerprint density at radius 1 is 1.00 bits per heavy atom. The highest BCUT2D eigenvalue weighted by molar-refractivity contribution is 4.17. The molecule has 0 spiro atoms. The first-order chi connectivity index (χ1) is 4.35. The molecule has 0 bridgehead atoms. The second kappa shape index (κ2) is 6.01. The number of hydrogen-bond acceptors (Lipinski definition) is 3. The summed E-state index contributed by atoms with van der Waals surface area (Å²) in [6, 6.07) is 0. The Bertz CT molecular complexity index is 53.0. The molecule has 56 valence electrons. The zero-order valence-electron chi connectivity index (χ0n) is 6.39. The van der Waals surface area contributed by atoms with Gasteiger partial charge in [0.2, 0.25) is 0 Å². The minimum atomic E-state index is 0.661. The maximum Gasteiger partial charge on any atom is 0.0683 e. The van der Waals surface area contributed by atoms with E-state index in [1.54, 1.807) is 0 Å². The molecule has 9 heavy (non-hydrogen) atoms. The Morgan fingerprint density at radius 3 is 1.67 bits per heavy atom. The van der Waals surface area contributed by atoms with Crippen LogP contribution in [0.3, 0.4) is 0 Å². The standard InChI is InChI=1S/C6H15NO2/c1-4-7(8-5-2)9-6-3/h4-6H2,1-3H3. The van der Waals surface area contributed by atoms with Crippen molar-refractivity contribution in [2.24, 2.45) is 0 Å². The van der Waals surface area contributed by atoms with Crippen LogP contribution in [-0.2, 0) is 9.68 Å². The first-order valence-corrected chi connectivity index (χ1v) is 3.38. The molecular weight excluding hydrogens is 118 g/mol. The van der Waals surface area contributed by atoms with Crippen molar-refractivity contribution in [2.45, 2.75) is 20.8 Å². The van der Waals surface area contributed by atoms with E-state index in [1.807, 2.05) is 20.8 Å². The lowest BCUT2D eigenvalue weighted by molar-refractivity contribution is -0.362. The smallest absolute Gasteiger partial charge is 0.0683 e. The molecule has 0 unspecified atom stereocenters. The molecule has 0 atom stereocenters. The Hall–Kier alpha value is -0.120. The van der Waals surface area contributed by atoms with E-state index in [1.165, 1.54) is 5.23 Å². The van der Waals surface area contributed by atoms with Crippen LogP contribution < -0.4 is 0 Å². The highest BCUT2D eigenvalue weighted by atomic mass is 16.9. The van der Waals surface area contributed by atoms with Gasteiger partial charge in [0.1, 0.15) is 0 Å². The van der Waals surface area contributed by atoms with E-state index in [2.05, 4.69) is 0 Å². The summed E-state index contributed by atoms with van der Waals surface area (Å²) in [5.74, 6) is 0. The molecule has 0 amide bonds. The highest BCUT2D eigenvalue weighted by Gasteiger charge is 1.96. The monoisotopic (exact) mass is 133 g/mol. The van der Waals surface area contributed by atoms with Crippen molar-refractivity contribution < 1.29 is 9.68 Å². The minimum Gasteiger partial charge on any atom is -0.274 e. The molecular formula is C6H15NO2. The molecule has 0 aromatic heterocycles. The molecule has 0 rings (SSSR count).